The molecule has 1 amide bonds. The van der Waals surface area contributed by atoms with Gasteiger partial charge in [0.05, 0.1) is 10.7 Å². The summed E-state index contributed by atoms with van der Waals surface area (Å²) in [4.78, 5) is 14.1. The molecule has 19 heavy (non-hydrogen) atoms. The molecule has 1 unspecified atom stereocenters. The smallest absolute Gasteiger partial charge is 0.246 e. The molecule has 1 saturated carbocycles. The van der Waals surface area contributed by atoms with Crippen LogP contribution >= 0.6 is 11.6 Å². The number of fused-ring (bicyclic) bond motifs is 1. The minimum atomic E-state index is -0.296. The van der Waals surface area contributed by atoms with Crippen LogP contribution in [0.3, 0.4) is 0 Å². The average Bonchev–Trinajstić information content (AvgIpc) is 2.60. The van der Waals surface area contributed by atoms with Gasteiger partial charge in [-0.2, -0.15) is 0 Å². The van der Waals surface area contributed by atoms with Gasteiger partial charge in [-0.3, -0.25) is 4.79 Å². The quantitative estimate of drug-likeness (QED) is 0.894. The van der Waals surface area contributed by atoms with Crippen molar-refractivity contribution in [3.63, 3.8) is 0 Å². The Morgan fingerprint density at radius 3 is 2.74 bits per heavy atom. The molecular formula is C14H18ClN3O. The monoisotopic (exact) mass is 279 g/mol. The molecule has 3 rings (SSSR count). The Kier molecular flexibility index (Phi) is 3.15. The lowest BCUT2D eigenvalue weighted by atomic mass is 9.91. The second-order valence-corrected chi connectivity index (χ2v) is 5.70. The van der Waals surface area contributed by atoms with E-state index in [1.807, 2.05) is 12.1 Å². The lowest BCUT2D eigenvalue weighted by Gasteiger charge is -2.37. The topological polar surface area (TPSA) is 44.4 Å². The molecule has 1 aromatic carbocycles. The van der Waals surface area contributed by atoms with Gasteiger partial charge in [0.25, 0.3) is 0 Å². The highest BCUT2D eigenvalue weighted by Gasteiger charge is 2.31. The molecule has 102 valence electrons. The number of carbonyl (C=O) groups is 1. The third-order valence-corrected chi connectivity index (χ3v) is 4.54. The van der Waals surface area contributed by atoms with E-state index in [9.17, 15) is 4.79 Å². The van der Waals surface area contributed by atoms with Crippen molar-refractivity contribution < 1.29 is 4.79 Å². The van der Waals surface area contributed by atoms with Crippen molar-refractivity contribution in [1.82, 2.24) is 5.32 Å². The predicted molar refractivity (Wildman–Crippen MR) is 77.9 cm³/mol. The summed E-state index contributed by atoms with van der Waals surface area (Å²) in [6.45, 7) is 0. The SMILES string of the molecule is CNC1C(=O)Nc2cc(N(C)C3CCC3)c(Cl)cc21. The van der Waals surface area contributed by atoms with Gasteiger partial charge >= 0.3 is 0 Å². The Balaban J connectivity index is 1.96. The summed E-state index contributed by atoms with van der Waals surface area (Å²) in [6.07, 6.45) is 3.72. The van der Waals surface area contributed by atoms with E-state index in [1.54, 1.807) is 7.05 Å². The van der Waals surface area contributed by atoms with E-state index in [0.29, 0.717) is 11.1 Å². The number of likely N-dealkylation sites (N-methyl/N-ethyl adjacent to an activating group) is 1. The summed E-state index contributed by atoms with van der Waals surface area (Å²) < 4.78 is 0. The van der Waals surface area contributed by atoms with Crippen LogP contribution in [0.4, 0.5) is 11.4 Å². The molecule has 1 heterocycles. The Hall–Kier alpha value is -1.26. The molecular weight excluding hydrogens is 262 g/mol. The Labute approximate surface area is 118 Å². The van der Waals surface area contributed by atoms with Crippen molar-refractivity contribution in [3.8, 4) is 0 Å². The maximum atomic E-state index is 11.8. The predicted octanol–water partition coefficient (Wildman–Crippen LogP) is 2.54. The highest BCUT2D eigenvalue weighted by Crippen LogP contribution is 2.40. The third kappa shape index (κ3) is 1.99. The van der Waals surface area contributed by atoms with Gasteiger partial charge in [0.15, 0.2) is 0 Å². The van der Waals surface area contributed by atoms with E-state index in [4.69, 9.17) is 11.6 Å². The van der Waals surface area contributed by atoms with Crippen LogP contribution in [0, 0.1) is 0 Å². The van der Waals surface area contributed by atoms with Crippen LogP contribution in [0.2, 0.25) is 5.02 Å². The van der Waals surface area contributed by atoms with Crippen molar-refractivity contribution >= 4 is 28.9 Å². The second-order valence-electron chi connectivity index (χ2n) is 5.30. The van der Waals surface area contributed by atoms with Crippen LogP contribution in [0.25, 0.3) is 0 Å². The van der Waals surface area contributed by atoms with Gasteiger partial charge < -0.3 is 15.5 Å². The molecule has 0 aromatic heterocycles. The molecule has 5 heteroatoms. The summed E-state index contributed by atoms with van der Waals surface area (Å²) in [7, 11) is 3.85. The van der Waals surface area contributed by atoms with Crippen molar-refractivity contribution in [2.75, 3.05) is 24.3 Å². The maximum Gasteiger partial charge on any atom is 0.246 e. The highest BCUT2D eigenvalue weighted by atomic mass is 35.5. The normalized spacial score (nSPS) is 21.8. The van der Waals surface area contributed by atoms with Crippen molar-refractivity contribution in [1.29, 1.82) is 0 Å². The van der Waals surface area contributed by atoms with Gasteiger partial charge in [0.2, 0.25) is 5.91 Å². The molecule has 0 saturated heterocycles. The molecule has 1 aromatic rings. The number of carbonyl (C=O) groups excluding carboxylic acids is 1. The number of hydrogen-bond acceptors (Lipinski definition) is 3. The molecule has 0 bridgehead atoms. The fourth-order valence-electron chi connectivity index (χ4n) is 2.80. The van der Waals surface area contributed by atoms with Crippen molar-refractivity contribution in [2.24, 2.45) is 0 Å². The summed E-state index contributed by atoms with van der Waals surface area (Å²) in [5.41, 5.74) is 2.81. The first-order valence-electron chi connectivity index (χ1n) is 6.66. The van der Waals surface area contributed by atoms with Gasteiger partial charge in [-0.15, -0.1) is 0 Å². The van der Waals surface area contributed by atoms with Gasteiger partial charge in [0, 0.05) is 24.3 Å². The van der Waals surface area contributed by atoms with Gasteiger partial charge in [-0.05, 0) is 38.4 Å². The molecule has 0 spiro atoms. The second kappa shape index (κ2) is 4.69. The Bertz CT molecular complexity index is 528. The van der Waals surface area contributed by atoms with E-state index < -0.39 is 0 Å². The van der Waals surface area contributed by atoms with E-state index in [1.165, 1.54) is 19.3 Å². The molecule has 2 aliphatic rings. The number of benzene rings is 1. The summed E-state index contributed by atoms with van der Waals surface area (Å²) in [6, 6.07) is 4.18. The van der Waals surface area contributed by atoms with E-state index in [2.05, 4.69) is 22.6 Å². The van der Waals surface area contributed by atoms with E-state index >= 15 is 0 Å². The highest BCUT2D eigenvalue weighted by molar-refractivity contribution is 6.33. The number of nitrogens with zero attached hydrogens (tertiary/aromatic N) is 1. The van der Waals surface area contributed by atoms with Gasteiger partial charge in [0.1, 0.15) is 6.04 Å². The zero-order valence-electron chi connectivity index (χ0n) is 11.2. The summed E-state index contributed by atoms with van der Waals surface area (Å²) in [5, 5.41) is 6.63. The third-order valence-electron chi connectivity index (χ3n) is 4.24. The zero-order valence-corrected chi connectivity index (χ0v) is 11.9. The first-order valence-corrected chi connectivity index (χ1v) is 7.04. The molecule has 0 radical (unpaired) electrons. The number of rotatable bonds is 3. The Morgan fingerprint density at radius 2 is 2.16 bits per heavy atom. The standard InChI is InChI=1S/C14H18ClN3O/c1-16-13-9-6-10(15)12(7-11(9)17-14(13)19)18(2)8-4-3-5-8/h6-8,13,16H,3-5H2,1-2H3,(H,17,19). The van der Waals surface area contributed by atoms with Gasteiger partial charge in [-0.25, -0.2) is 0 Å². The molecule has 1 aliphatic heterocycles. The lowest BCUT2D eigenvalue weighted by Crippen LogP contribution is -2.37. The molecule has 1 aliphatic carbocycles. The maximum absolute atomic E-state index is 11.8. The van der Waals surface area contributed by atoms with Crippen molar-refractivity contribution in [2.45, 2.75) is 31.3 Å². The van der Waals surface area contributed by atoms with Crippen LogP contribution in [0.15, 0.2) is 12.1 Å². The molecule has 2 N–H and O–H groups in total. The fraction of sp³-hybridized carbons (Fsp3) is 0.500. The minimum absolute atomic E-state index is 0.0167. The first kappa shape index (κ1) is 12.8. The number of hydrogen-bond donors (Lipinski definition) is 2. The largest absolute Gasteiger partial charge is 0.370 e. The molecule has 1 fully saturated rings. The number of anilines is 2. The van der Waals surface area contributed by atoms with Gasteiger partial charge in [-0.1, -0.05) is 11.6 Å². The minimum Gasteiger partial charge on any atom is -0.370 e. The summed E-state index contributed by atoms with van der Waals surface area (Å²) in [5.74, 6) is -0.0167. The lowest BCUT2D eigenvalue weighted by molar-refractivity contribution is -0.117. The van der Waals surface area contributed by atoms with Crippen LogP contribution in [-0.2, 0) is 4.79 Å². The average molecular weight is 280 g/mol. The van der Waals surface area contributed by atoms with E-state index in [0.717, 1.165) is 16.9 Å². The van der Waals surface area contributed by atoms with Crippen LogP contribution < -0.4 is 15.5 Å². The number of halogens is 1. The summed E-state index contributed by atoms with van der Waals surface area (Å²) >= 11 is 6.39. The molecule has 1 atom stereocenters. The van der Waals surface area contributed by atoms with Crippen LogP contribution in [-0.4, -0.2) is 26.0 Å². The van der Waals surface area contributed by atoms with Crippen molar-refractivity contribution in [3.05, 3.63) is 22.7 Å². The van der Waals surface area contributed by atoms with Crippen LogP contribution in [0.1, 0.15) is 30.9 Å². The fourth-order valence-corrected chi connectivity index (χ4v) is 3.10. The number of amides is 1. The van der Waals surface area contributed by atoms with E-state index in [-0.39, 0.29) is 11.9 Å². The zero-order chi connectivity index (χ0) is 13.6. The first-order chi connectivity index (χ1) is 9.11. The Morgan fingerprint density at radius 1 is 1.42 bits per heavy atom. The molecule has 4 nitrogen and oxygen atoms in total. The number of nitrogens with one attached hydrogen (secondary N) is 2. The van der Waals surface area contributed by atoms with Crippen LogP contribution in [0.5, 0.6) is 0 Å².